The van der Waals surface area contributed by atoms with Crippen LogP contribution in [0.3, 0.4) is 0 Å². The Morgan fingerprint density at radius 1 is 1.00 bits per heavy atom. The normalized spacial score (nSPS) is 0. The van der Waals surface area contributed by atoms with Gasteiger partial charge in [0, 0.05) is 70.3 Å². The molecule has 0 heterocycles. The van der Waals surface area contributed by atoms with Crippen LogP contribution in [0, 0.1) is 0 Å². The van der Waals surface area contributed by atoms with Gasteiger partial charge in [0.25, 0.3) is 0 Å². The Morgan fingerprint density at radius 2 is 1.00 bits per heavy atom. The summed E-state index contributed by atoms with van der Waals surface area (Å²) in [5.74, 6) is 0. The number of hydrogen-bond acceptors (Lipinski definition) is 0. The van der Waals surface area contributed by atoms with Crippen molar-refractivity contribution in [3.63, 3.8) is 0 Å². The van der Waals surface area contributed by atoms with E-state index in [9.17, 15) is 0 Å². The van der Waals surface area contributed by atoms with Gasteiger partial charge in [-0.15, -0.1) is 0 Å². The van der Waals surface area contributed by atoms with Gasteiger partial charge in [-0.1, -0.05) is 0 Å². The third-order valence-electron chi connectivity index (χ3n) is 0. The number of rotatable bonds is 0. The molecule has 0 unspecified atom stereocenters. The van der Waals surface area contributed by atoms with Crippen molar-refractivity contribution in [3.8, 4) is 0 Å². The summed E-state index contributed by atoms with van der Waals surface area (Å²) in [5.41, 5.74) is 0. The van der Waals surface area contributed by atoms with Crippen LogP contribution in [-0.2, 0) is 70.3 Å². The zero-order valence-electron chi connectivity index (χ0n) is 1.45. The van der Waals surface area contributed by atoms with Crippen LogP contribution in [0.25, 0.3) is 0 Å². The molecule has 0 aromatic rings. The van der Waals surface area contributed by atoms with E-state index in [0.717, 1.165) is 0 Å². The van der Waals surface area contributed by atoms with Gasteiger partial charge in [-0.25, -0.2) is 0 Å². The maximum Gasteiger partial charge on any atom is 0.316 e. The summed E-state index contributed by atoms with van der Waals surface area (Å²) in [6, 6.07) is 0. The van der Waals surface area contributed by atoms with E-state index in [4.69, 9.17) is 0 Å². The summed E-state index contributed by atoms with van der Waals surface area (Å²) in [4.78, 5) is 0. The molecule has 0 bridgehead atoms. The van der Waals surface area contributed by atoms with Gasteiger partial charge in [0.05, 0.1) is 0 Å². The average molecular weight is 258 g/mol. The zero-order valence-corrected chi connectivity index (χ0v) is 7.67. The minimum atomic E-state index is 0. The van der Waals surface area contributed by atoms with Crippen molar-refractivity contribution in [1.82, 2.24) is 0 Å². The molecule has 0 rings (SSSR count). The Labute approximate surface area is 91.5 Å². The third kappa shape index (κ3) is 8.92. The summed E-state index contributed by atoms with van der Waals surface area (Å²) in [7, 11) is 0. The Morgan fingerprint density at radius 3 is 1.00 bits per heavy atom. The molecule has 0 saturated carbocycles. The molecule has 0 aliphatic carbocycles. The van der Waals surface area contributed by atoms with Crippen molar-refractivity contribution < 1.29 is 70.3 Å². The molecule has 0 fully saturated rings. The Balaban J connectivity index is 0. The zero-order chi connectivity index (χ0) is 0. The van der Waals surface area contributed by atoms with Gasteiger partial charge < -0.3 is 0 Å². The summed E-state index contributed by atoms with van der Waals surface area (Å²) in [6.07, 6.45) is 0. The standard InChI is InChI=1S/Mg.Nb.Ti.Zr.2H. The van der Waals surface area contributed by atoms with Crippen LogP contribution in [0.15, 0.2) is 0 Å². The molecule has 0 spiro atoms. The smallest absolute Gasteiger partial charge is 0 e. The van der Waals surface area contributed by atoms with Crippen molar-refractivity contribution in [1.29, 1.82) is 0 Å². The van der Waals surface area contributed by atoms with Crippen LogP contribution in [0.1, 0.15) is 0 Å². The molecular weight excluding hydrogens is 256 g/mol. The molecule has 4 heteroatoms. The van der Waals surface area contributed by atoms with E-state index in [1.807, 2.05) is 0 Å². The Kier molecular flexibility index (Phi) is 113. The van der Waals surface area contributed by atoms with Crippen LogP contribution < -0.4 is 0 Å². The Bertz CT molecular complexity index is 8.00. The summed E-state index contributed by atoms with van der Waals surface area (Å²) in [5, 5.41) is 0. The first kappa shape index (κ1) is 27.5. The van der Waals surface area contributed by atoms with Gasteiger partial charge in [-0.05, 0) is 0 Å². The molecule has 0 atom stereocenters. The second-order valence-electron chi connectivity index (χ2n) is 0. The van der Waals surface area contributed by atoms with Crippen LogP contribution in [0.4, 0.5) is 0 Å². The first-order valence-electron chi connectivity index (χ1n) is 0. The molecule has 4 heavy (non-hydrogen) atoms. The molecule has 0 amide bonds. The van der Waals surface area contributed by atoms with E-state index in [-0.39, 0.29) is 93.4 Å². The SMILES string of the molecule is [MgH2].[Nb].[Ti].[Zr]. The fourth-order valence-corrected chi connectivity index (χ4v) is 0. The molecule has 0 N–H and O–H groups in total. The van der Waals surface area contributed by atoms with Crippen LogP contribution in [-0.4, -0.2) is 23.1 Å². The minimum Gasteiger partial charge on any atom is 0 e. The fraction of sp³-hybridized carbons (Fsp3) is 0. The molecule has 0 aliphatic rings. The molecule has 0 nitrogen and oxygen atoms in total. The van der Waals surface area contributed by atoms with Crippen molar-refractivity contribution in [2.24, 2.45) is 0 Å². The van der Waals surface area contributed by atoms with E-state index in [2.05, 4.69) is 0 Å². The first-order chi connectivity index (χ1) is 0. The van der Waals surface area contributed by atoms with Crippen molar-refractivity contribution in [2.75, 3.05) is 0 Å². The van der Waals surface area contributed by atoms with Crippen molar-refractivity contribution in [3.05, 3.63) is 0 Å². The predicted molar refractivity (Wildman–Crippen MR) is 8.54 cm³/mol. The van der Waals surface area contributed by atoms with Gasteiger partial charge in [0.2, 0.25) is 0 Å². The van der Waals surface area contributed by atoms with E-state index < -0.39 is 0 Å². The second kappa shape index (κ2) is 16.5. The van der Waals surface area contributed by atoms with Crippen molar-refractivity contribution in [2.45, 2.75) is 0 Å². The molecule has 0 aromatic heterocycles. The monoisotopic (exact) mass is 257 g/mol. The molecular formula is H2MgNbTiZr. The van der Waals surface area contributed by atoms with Crippen molar-refractivity contribution >= 4 is 23.1 Å². The average Bonchev–Trinajstić information content (AvgIpc) is 0. The molecule has 1 radical (unpaired) electrons. The van der Waals surface area contributed by atoms with E-state index in [1.54, 1.807) is 0 Å². The topological polar surface area (TPSA) is 0 Å². The quantitative estimate of drug-likeness (QED) is 0.493. The maximum atomic E-state index is 0. The van der Waals surface area contributed by atoms with Crippen LogP contribution in [0.2, 0.25) is 0 Å². The Hall–Kier alpha value is 3.10. The van der Waals surface area contributed by atoms with Crippen LogP contribution >= 0.6 is 0 Å². The minimum absolute atomic E-state index is 0. The molecule has 0 aromatic carbocycles. The summed E-state index contributed by atoms with van der Waals surface area (Å²) < 4.78 is 0. The molecule has 0 saturated heterocycles. The first-order valence-corrected chi connectivity index (χ1v) is 0. The van der Waals surface area contributed by atoms with Gasteiger partial charge in [-0.3, -0.25) is 0 Å². The van der Waals surface area contributed by atoms with Gasteiger partial charge in [0.15, 0.2) is 0 Å². The number of hydrogen-bond donors (Lipinski definition) is 0. The molecule has 17 valence electrons. The second-order valence-corrected chi connectivity index (χ2v) is 0. The maximum absolute atomic E-state index is 0. The van der Waals surface area contributed by atoms with Gasteiger partial charge in [0.1, 0.15) is 0 Å². The van der Waals surface area contributed by atoms with Crippen LogP contribution in [0.5, 0.6) is 0 Å². The third-order valence-corrected chi connectivity index (χ3v) is 0. The largest absolute Gasteiger partial charge is 0.316 e. The van der Waals surface area contributed by atoms with Gasteiger partial charge >= 0.3 is 23.1 Å². The molecule has 0 aliphatic heterocycles. The van der Waals surface area contributed by atoms with Gasteiger partial charge in [-0.2, -0.15) is 0 Å². The van der Waals surface area contributed by atoms with E-state index in [1.165, 1.54) is 0 Å². The fourth-order valence-electron chi connectivity index (χ4n) is 0. The van der Waals surface area contributed by atoms with E-state index in [0.29, 0.717) is 0 Å². The van der Waals surface area contributed by atoms with E-state index >= 15 is 0 Å². The predicted octanol–water partition coefficient (Wildman–Crippen LogP) is -0.924. The summed E-state index contributed by atoms with van der Waals surface area (Å²) >= 11 is 0. The summed E-state index contributed by atoms with van der Waals surface area (Å²) in [6.45, 7) is 0.